The van der Waals surface area contributed by atoms with Crippen LogP contribution in [-0.2, 0) is 11.2 Å². The fourth-order valence-electron chi connectivity index (χ4n) is 4.50. The first-order valence-corrected chi connectivity index (χ1v) is 11.4. The summed E-state index contributed by atoms with van der Waals surface area (Å²) >= 11 is 0. The van der Waals surface area contributed by atoms with Crippen LogP contribution in [0.2, 0.25) is 0 Å². The number of aliphatic hydroxyl groups excluding tert-OH is 1. The van der Waals surface area contributed by atoms with Gasteiger partial charge < -0.3 is 20.5 Å². The van der Waals surface area contributed by atoms with Crippen LogP contribution in [0.3, 0.4) is 0 Å². The molecule has 8 heteroatoms. The van der Waals surface area contributed by atoms with E-state index in [0.29, 0.717) is 17.4 Å². The lowest BCUT2D eigenvalue weighted by Crippen LogP contribution is -2.53. The number of nitrogens with zero attached hydrogens (tertiary/aromatic N) is 1. The maximum absolute atomic E-state index is 12.9. The molecule has 1 fully saturated rings. The fourth-order valence-corrected chi connectivity index (χ4v) is 4.50. The van der Waals surface area contributed by atoms with Crippen molar-refractivity contribution in [1.82, 2.24) is 5.32 Å². The third-order valence-electron chi connectivity index (χ3n) is 6.51. The van der Waals surface area contributed by atoms with Crippen molar-refractivity contribution in [3.05, 3.63) is 75.8 Å². The minimum atomic E-state index is -0.922. The average Bonchev–Trinajstić information content (AvgIpc) is 3.61. The molecule has 2 atom stereocenters. The number of aliphatic hydroxyl groups is 1. The van der Waals surface area contributed by atoms with Gasteiger partial charge in [-0.3, -0.25) is 14.9 Å². The van der Waals surface area contributed by atoms with Gasteiger partial charge in [0.25, 0.3) is 5.69 Å². The van der Waals surface area contributed by atoms with Crippen molar-refractivity contribution in [2.45, 2.75) is 56.9 Å². The van der Waals surface area contributed by atoms with E-state index in [-0.39, 0.29) is 23.7 Å². The predicted octanol–water partition coefficient (Wildman–Crippen LogP) is 4.25. The number of amides is 1. The van der Waals surface area contributed by atoms with Crippen LogP contribution in [0.25, 0.3) is 10.8 Å². The minimum Gasteiger partial charge on any atom is -0.484 e. The van der Waals surface area contributed by atoms with Crippen LogP contribution in [0, 0.1) is 10.1 Å². The van der Waals surface area contributed by atoms with E-state index >= 15 is 0 Å². The molecule has 1 aliphatic carbocycles. The van der Waals surface area contributed by atoms with Crippen LogP contribution < -0.4 is 15.4 Å². The summed E-state index contributed by atoms with van der Waals surface area (Å²) in [5, 5.41) is 31.0. The molecule has 3 N–H and O–H groups in total. The molecule has 3 aromatic carbocycles. The monoisotopic (exact) mass is 461 g/mol. The number of fused-ring (bicyclic) bond motifs is 2. The highest BCUT2D eigenvalue weighted by Crippen LogP contribution is 2.45. The number of benzene rings is 3. The number of carbonyl (C=O) groups excluding carboxylic acids is 1. The number of nitro groups is 1. The van der Waals surface area contributed by atoms with Crippen molar-refractivity contribution in [2.75, 3.05) is 5.32 Å². The van der Waals surface area contributed by atoms with Crippen molar-refractivity contribution in [1.29, 1.82) is 0 Å². The molecule has 0 radical (unpaired) electrons. The number of ether oxygens (including phenoxy) is 1. The lowest BCUT2D eigenvalue weighted by atomic mass is 9.86. The standard InChI is InChI=1S/C26H27N3O5/c1-26(2)25(31)24(27-18-9-10-18)19-13-20(21(29(32)33)14-22(19)34-26)28-23(30)12-15-7-8-16-5-3-4-6-17(16)11-15/h3-8,11,13-14,18,24-25,27,31H,9-10,12H2,1-2H3,(H,28,30)/t24-,25+/m0/s1. The van der Waals surface area contributed by atoms with Gasteiger partial charge in [-0.1, -0.05) is 42.5 Å². The summed E-state index contributed by atoms with van der Waals surface area (Å²) in [6, 6.07) is 16.4. The second-order valence-electron chi connectivity index (χ2n) is 9.64. The van der Waals surface area contributed by atoms with E-state index in [9.17, 15) is 20.0 Å². The molecule has 3 aromatic rings. The summed E-state index contributed by atoms with van der Waals surface area (Å²) in [6.45, 7) is 3.51. The molecule has 1 aliphatic heterocycles. The summed E-state index contributed by atoms with van der Waals surface area (Å²) in [4.78, 5) is 24.2. The van der Waals surface area contributed by atoms with Crippen molar-refractivity contribution in [3.63, 3.8) is 0 Å². The number of hydrogen-bond donors (Lipinski definition) is 3. The van der Waals surface area contributed by atoms with E-state index in [1.165, 1.54) is 6.07 Å². The van der Waals surface area contributed by atoms with Crippen molar-refractivity contribution in [2.24, 2.45) is 0 Å². The van der Waals surface area contributed by atoms with Crippen LogP contribution in [0.1, 0.15) is 43.9 Å². The predicted molar refractivity (Wildman–Crippen MR) is 129 cm³/mol. The SMILES string of the molecule is CC1(C)Oc2cc([N+](=O)[O-])c(NC(=O)Cc3ccc4ccccc4c3)cc2[C@H](NC2CC2)[C@H]1O. The Hall–Kier alpha value is -3.49. The first kappa shape index (κ1) is 22.3. The summed E-state index contributed by atoms with van der Waals surface area (Å²) < 4.78 is 5.94. The highest BCUT2D eigenvalue weighted by atomic mass is 16.6. The van der Waals surface area contributed by atoms with E-state index in [4.69, 9.17) is 4.74 Å². The Morgan fingerprint density at radius 2 is 1.88 bits per heavy atom. The molecule has 5 rings (SSSR count). The number of carbonyl (C=O) groups is 1. The van der Waals surface area contributed by atoms with Crippen molar-refractivity contribution in [3.8, 4) is 5.75 Å². The molecule has 0 saturated heterocycles. The third-order valence-corrected chi connectivity index (χ3v) is 6.51. The van der Waals surface area contributed by atoms with Gasteiger partial charge in [0.15, 0.2) is 0 Å². The largest absolute Gasteiger partial charge is 0.484 e. The van der Waals surface area contributed by atoms with E-state index in [1.807, 2.05) is 42.5 Å². The molecule has 34 heavy (non-hydrogen) atoms. The molecule has 1 heterocycles. The van der Waals surface area contributed by atoms with Gasteiger partial charge in [-0.15, -0.1) is 0 Å². The van der Waals surface area contributed by atoms with Crippen LogP contribution >= 0.6 is 0 Å². The number of hydrogen-bond acceptors (Lipinski definition) is 6. The topological polar surface area (TPSA) is 114 Å². The van der Waals surface area contributed by atoms with Gasteiger partial charge >= 0.3 is 0 Å². The maximum atomic E-state index is 12.9. The van der Waals surface area contributed by atoms with E-state index < -0.39 is 22.7 Å². The van der Waals surface area contributed by atoms with Gasteiger partial charge in [0.2, 0.25) is 5.91 Å². The smallest absolute Gasteiger partial charge is 0.296 e. The summed E-state index contributed by atoms with van der Waals surface area (Å²) in [7, 11) is 0. The molecule has 1 saturated carbocycles. The van der Waals surface area contributed by atoms with Gasteiger partial charge in [-0.05, 0) is 49.1 Å². The van der Waals surface area contributed by atoms with E-state index in [2.05, 4.69) is 10.6 Å². The first-order chi connectivity index (χ1) is 16.2. The molecule has 8 nitrogen and oxygen atoms in total. The van der Waals surface area contributed by atoms with Crippen molar-refractivity contribution < 1.29 is 19.6 Å². The van der Waals surface area contributed by atoms with Gasteiger partial charge in [0.1, 0.15) is 23.1 Å². The Kier molecular flexibility index (Phi) is 5.50. The summed E-state index contributed by atoms with van der Waals surface area (Å²) in [5.74, 6) is -0.0182. The van der Waals surface area contributed by atoms with Crippen LogP contribution in [0.15, 0.2) is 54.6 Å². The molecule has 0 aromatic heterocycles. The number of nitrogens with one attached hydrogen (secondary N) is 2. The summed E-state index contributed by atoms with van der Waals surface area (Å²) in [5.41, 5.74) is 0.334. The van der Waals surface area contributed by atoms with Gasteiger partial charge in [-0.25, -0.2) is 0 Å². The molecular weight excluding hydrogens is 434 g/mol. The van der Waals surface area contributed by atoms with Crippen LogP contribution in [0.5, 0.6) is 5.75 Å². The molecule has 0 spiro atoms. The molecule has 0 unspecified atom stereocenters. The Labute approximate surface area is 197 Å². The third kappa shape index (κ3) is 4.34. The van der Waals surface area contributed by atoms with E-state index in [1.54, 1.807) is 19.9 Å². The molecule has 1 amide bonds. The first-order valence-electron chi connectivity index (χ1n) is 11.4. The lowest BCUT2D eigenvalue weighted by molar-refractivity contribution is -0.384. The number of rotatable bonds is 6. The number of nitro benzene ring substituents is 1. The molecule has 2 aliphatic rings. The number of anilines is 1. The van der Waals surface area contributed by atoms with Crippen LogP contribution in [0.4, 0.5) is 11.4 Å². The van der Waals surface area contributed by atoms with Crippen LogP contribution in [-0.4, -0.2) is 33.7 Å². The lowest BCUT2D eigenvalue weighted by Gasteiger charge is -2.42. The zero-order chi connectivity index (χ0) is 24.0. The highest BCUT2D eigenvalue weighted by molar-refractivity contribution is 5.95. The molecule has 0 bridgehead atoms. The van der Waals surface area contributed by atoms with Crippen molar-refractivity contribution >= 4 is 28.1 Å². The quantitative estimate of drug-likeness (QED) is 0.373. The summed E-state index contributed by atoms with van der Waals surface area (Å²) in [6.07, 6.45) is 1.25. The maximum Gasteiger partial charge on any atom is 0.296 e. The normalized spacial score (nSPS) is 20.9. The second-order valence-corrected chi connectivity index (χ2v) is 9.64. The Morgan fingerprint density at radius 3 is 2.59 bits per heavy atom. The zero-order valence-corrected chi connectivity index (χ0v) is 19.1. The van der Waals surface area contributed by atoms with E-state index in [0.717, 1.165) is 29.2 Å². The Morgan fingerprint density at radius 1 is 1.15 bits per heavy atom. The second kappa shape index (κ2) is 8.38. The van der Waals surface area contributed by atoms with Gasteiger partial charge in [0, 0.05) is 11.6 Å². The zero-order valence-electron chi connectivity index (χ0n) is 19.1. The minimum absolute atomic E-state index is 0.0784. The van der Waals surface area contributed by atoms with Gasteiger partial charge in [0.05, 0.1) is 23.5 Å². The Bertz CT molecular complexity index is 1280. The molecular formula is C26H27N3O5. The van der Waals surface area contributed by atoms with Gasteiger partial charge in [-0.2, -0.15) is 0 Å². The molecule has 176 valence electrons. The fraction of sp³-hybridized carbons (Fsp3) is 0.346. The highest BCUT2D eigenvalue weighted by Gasteiger charge is 2.45. The Balaban J connectivity index is 1.45. The average molecular weight is 462 g/mol.